The van der Waals surface area contributed by atoms with Crippen molar-refractivity contribution in [3.8, 4) is 0 Å². The molecular weight excluding hydrogens is 316 g/mol. The van der Waals surface area contributed by atoms with Gasteiger partial charge in [-0.3, -0.25) is 4.79 Å². The second-order valence-corrected chi connectivity index (χ2v) is 5.83. The van der Waals surface area contributed by atoms with Crippen LogP contribution in [0.2, 0.25) is 0 Å². The monoisotopic (exact) mass is 342 g/mol. The van der Waals surface area contributed by atoms with E-state index in [2.05, 4.69) is 17.4 Å². The maximum Gasteiger partial charge on any atom is 0.227 e. The van der Waals surface area contributed by atoms with Crippen molar-refractivity contribution in [3.63, 3.8) is 0 Å². The third-order valence-electron chi connectivity index (χ3n) is 3.87. The number of nitrogens with two attached hydrogens (primary N) is 1. The zero-order valence-corrected chi connectivity index (χ0v) is 14.6. The van der Waals surface area contributed by atoms with Crippen molar-refractivity contribution in [1.29, 1.82) is 0 Å². The summed E-state index contributed by atoms with van der Waals surface area (Å²) in [6.45, 7) is 1.49. The lowest BCUT2D eigenvalue weighted by molar-refractivity contribution is -0.118. The highest BCUT2D eigenvalue weighted by Gasteiger charge is 2.11. The van der Waals surface area contributed by atoms with E-state index in [0.29, 0.717) is 19.8 Å². The first-order valence-electron chi connectivity index (χ1n) is 8.44. The molecule has 2 aromatic rings. The number of benzene rings is 2. The Balaban J connectivity index is 1.77. The van der Waals surface area contributed by atoms with Gasteiger partial charge in [0.2, 0.25) is 5.91 Å². The number of nitrogens with one attached hydrogen (secondary N) is 1. The Labute approximate surface area is 149 Å². The van der Waals surface area contributed by atoms with Gasteiger partial charge < -0.3 is 20.5 Å². The van der Waals surface area contributed by atoms with Gasteiger partial charge in [-0.15, -0.1) is 0 Å². The van der Waals surface area contributed by atoms with Crippen molar-refractivity contribution in [2.24, 2.45) is 5.73 Å². The van der Waals surface area contributed by atoms with E-state index in [-0.39, 0.29) is 18.4 Å². The van der Waals surface area contributed by atoms with E-state index in [4.69, 9.17) is 15.2 Å². The van der Waals surface area contributed by atoms with Crippen LogP contribution in [0.15, 0.2) is 54.6 Å². The van der Waals surface area contributed by atoms with E-state index in [1.165, 1.54) is 5.56 Å². The first-order valence-corrected chi connectivity index (χ1v) is 8.44. The van der Waals surface area contributed by atoms with Gasteiger partial charge in [-0.1, -0.05) is 42.5 Å². The van der Waals surface area contributed by atoms with Crippen LogP contribution in [0.1, 0.15) is 17.5 Å². The minimum absolute atomic E-state index is 0.112. The summed E-state index contributed by atoms with van der Waals surface area (Å²) in [7, 11) is 1.55. The SMILES string of the molecule is COC(CN)CC(=O)Nc1cccc(COCCc2ccccc2)c1. The number of hydrogen-bond donors (Lipinski definition) is 2. The Morgan fingerprint density at radius 3 is 2.60 bits per heavy atom. The average Bonchev–Trinajstić information content (AvgIpc) is 2.64. The summed E-state index contributed by atoms with van der Waals surface area (Å²) in [6, 6.07) is 17.9. The molecule has 134 valence electrons. The van der Waals surface area contributed by atoms with Crippen LogP contribution >= 0.6 is 0 Å². The minimum atomic E-state index is -0.260. The number of carbonyl (C=O) groups excluding carboxylic acids is 1. The molecular formula is C20H26N2O3. The van der Waals surface area contributed by atoms with Gasteiger partial charge in [-0.05, 0) is 29.7 Å². The third-order valence-corrected chi connectivity index (χ3v) is 3.87. The van der Waals surface area contributed by atoms with Crippen molar-refractivity contribution in [2.45, 2.75) is 25.6 Å². The van der Waals surface area contributed by atoms with Gasteiger partial charge in [0.1, 0.15) is 0 Å². The van der Waals surface area contributed by atoms with Crippen molar-refractivity contribution in [2.75, 3.05) is 25.6 Å². The molecule has 1 unspecified atom stereocenters. The molecule has 2 rings (SSSR count). The van der Waals surface area contributed by atoms with Gasteiger partial charge in [0.15, 0.2) is 0 Å². The Bertz CT molecular complexity index is 642. The molecule has 0 bridgehead atoms. The van der Waals surface area contributed by atoms with Gasteiger partial charge in [-0.25, -0.2) is 0 Å². The molecule has 0 aliphatic heterocycles. The second-order valence-electron chi connectivity index (χ2n) is 5.83. The van der Waals surface area contributed by atoms with Crippen LogP contribution in [-0.2, 0) is 27.3 Å². The molecule has 1 amide bonds. The molecule has 0 saturated heterocycles. The van der Waals surface area contributed by atoms with Crippen molar-refractivity contribution in [1.82, 2.24) is 0 Å². The van der Waals surface area contributed by atoms with Crippen molar-refractivity contribution >= 4 is 11.6 Å². The molecule has 1 atom stereocenters. The Hall–Kier alpha value is -2.21. The van der Waals surface area contributed by atoms with Gasteiger partial charge in [0, 0.05) is 19.3 Å². The largest absolute Gasteiger partial charge is 0.380 e. The van der Waals surface area contributed by atoms with E-state index in [1.54, 1.807) is 7.11 Å². The summed E-state index contributed by atoms with van der Waals surface area (Å²) in [5, 5.41) is 2.87. The number of anilines is 1. The highest BCUT2D eigenvalue weighted by Crippen LogP contribution is 2.13. The van der Waals surface area contributed by atoms with Crippen LogP contribution in [0.5, 0.6) is 0 Å². The minimum Gasteiger partial charge on any atom is -0.380 e. The molecule has 5 heteroatoms. The number of amides is 1. The topological polar surface area (TPSA) is 73.6 Å². The first-order chi connectivity index (χ1) is 12.2. The molecule has 0 aliphatic rings. The number of methoxy groups -OCH3 is 1. The quantitative estimate of drug-likeness (QED) is 0.651. The highest BCUT2D eigenvalue weighted by molar-refractivity contribution is 5.91. The van der Waals surface area contributed by atoms with Crippen LogP contribution in [0, 0.1) is 0 Å². The Morgan fingerprint density at radius 1 is 1.12 bits per heavy atom. The van der Waals surface area contributed by atoms with Crippen LogP contribution in [0.25, 0.3) is 0 Å². The predicted octanol–water partition coefficient (Wildman–Crippen LogP) is 2.75. The zero-order chi connectivity index (χ0) is 17.9. The molecule has 0 radical (unpaired) electrons. The maximum atomic E-state index is 12.0. The lowest BCUT2D eigenvalue weighted by Crippen LogP contribution is -2.28. The van der Waals surface area contributed by atoms with Crippen molar-refractivity contribution < 1.29 is 14.3 Å². The smallest absolute Gasteiger partial charge is 0.227 e. The fraction of sp³-hybridized carbons (Fsp3) is 0.350. The summed E-state index contributed by atoms with van der Waals surface area (Å²) in [5.41, 5.74) is 8.57. The van der Waals surface area contributed by atoms with E-state index >= 15 is 0 Å². The van der Waals surface area contributed by atoms with E-state index < -0.39 is 0 Å². The van der Waals surface area contributed by atoms with Gasteiger partial charge >= 0.3 is 0 Å². The third kappa shape index (κ3) is 7.05. The summed E-state index contributed by atoms with van der Waals surface area (Å²) in [4.78, 5) is 12.0. The first kappa shape index (κ1) is 19.1. The summed E-state index contributed by atoms with van der Waals surface area (Å²) < 4.78 is 10.9. The molecule has 0 heterocycles. The van der Waals surface area contributed by atoms with E-state index in [0.717, 1.165) is 17.7 Å². The predicted molar refractivity (Wildman–Crippen MR) is 99.3 cm³/mol. The molecule has 3 N–H and O–H groups in total. The fourth-order valence-corrected chi connectivity index (χ4v) is 2.45. The molecule has 0 fully saturated rings. The van der Waals surface area contributed by atoms with Crippen LogP contribution in [0.3, 0.4) is 0 Å². The Morgan fingerprint density at radius 2 is 1.88 bits per heavy atom. The summed E-state index contributed by atoms with van der Waals surface area (Å²) in [5.74, 6) is -0.112. The molecule has 0 spiro atoms. The maximum absolute atomic E-state index is 12.0. The number of ether oxygens (including phenoxy) is 2. The number of hydrogen-bond acceptors (Lipinski definition) is 4. The number of rotatable bonds is 10. The van der Waals surface area contributed by atoms with Gasteiger partial charge in [0.05, 0.1) is 25.7 Å². The highest BCUT2D eigenvalue weighted by atomic mass is 16.5. The Kier molecular flexibility index (Phi) is 8.12. The second kappa shape index (κ2) is 10.6. The van der Waals surface area contributed by atoms with E-state index in [1.807, 2.05) is 42.5 Å². The lowest BCUT2D eigenvalue weighted by atomic mass is 10.1. The normalized spacial score (nSPS) is 11.9. The molecule has 2 aromatic carbocycles. The fourth-order valence-electron chi connectivity index (χ4n) is 2.45. The van der Waals surface area contributed by atoms with Crippen LogP contribution in [0.4, 0.5) is 5.69 Å². The van der Waals surface area contributed by atoms with Crippen LogP contribution < -0.4 is 11.1 Å². The lowest BCUT2D eigenvalue weighted by Gasteiger charge is -2.13. The average molecular weight is 342 g/mol. The standard InChI is InChI=1S/C20H26N2O3/c1-24-19(14-21)13-20(23)22-18-9-5-8-17(12-18)15-25-11-10-16-6-3-2-4-7-16/h2-9,12,19H,10-11,13-15,21H2,1H3,(H,22,23). The summed E-state index contributed by atoms with van der Waals surface area (Å²) >= 11 is 0. The van der Waals surface area contributed by atoms with E-state index in [9.17, 15) is 4.79 Å². The van der Waals surface area contributed by atoms with Gasteiger partial charge in [-0.2, -0.15) is 0 Å². The molecule has 0 aromatic heterocycles. The summed E-state index contributed by atoms with van der Waals surface area (Å²) in [6.07, 6.45) is 0.865. The van der Waals surface area contributed by atoms with Crippen molar-refractivity contribution in [3.05, 3.63) is 65.7 Å². The van der Waals surface area contributed by atoms with Gasteiger partial charge in [0.25, 0.3) is 0 Å². The molecule has 0 saturated carbocycles. The van der Waals surface area contributed by atoms with Crippen LogP contribution in [-0.4, -0.2) is 32.3 Å². The number of carbonyl (C=O) groups is 1. The molecule has 5 nitrogen and oxygen atoms in total. The zero-order valence-electron chi connectivity index (χ0n) is 14.6. The molecule has 25 heavy (non-hydrogen) atoms. The molecule has 0 aliphatic carbocycles.